The van der Waals surface area contributed by atoms with Crippen LogP contribution in [-0.2, 0) is 10.0 Å². The third-order valence-electron chi connectivity index (χ3n) is 5.14. The molecule has 11 heteroatoms. The van der Waals surface area contributed by atoms with Gasteiger partial charge in [0.05, 0.1) is 23.2 Å². The lowest BCUT2D eigenvalue weighted by Crippen LogP contribution is -2.32. The second-order valence-electron chi connectivity index (χ2n) is 7.02. The van der Waals surface area contributed by atoms with Crippen molar-refractivity contribution in [1.29, 1.82) is 0 Å². The second kappa shape index (κ2) is 8.65. The van der Waals surface area contributed by atoms with E-state index in [9.17, 15) is 13.2 Å². The number of amides is 1. The second-order valence-corrected chi connectivity index (χ2v) is 10.9. The summed E-state index contributed by atoms with van der Waals surface area (Å²) in [4.78, 5) is 13.7. The number of hydrogen-bond donors (Lipinski definition) is 0. The minimum absolute atomic E-state index is 0.0215. The number of rotatable bonds is 7. The molecule has 0 spiro atoms. The predicted octanol–water partition coefficient (Wildman–Crippen LogP) is 3.94. The van der Waals surface area contributed by atoms with Crippen molar-refractivity contribution in [3.8, 4) is 22.1 Å². The maximum Gasteiger partial charge on any atom is 0.269 e. The number of para-hydroxylation sites is 2. The first-order valence-electron chi connectivity index (χ1n) is 9.94. The van der Waals surface area contributed by atoms with Crippen molar-refractivity contribution < 1.29 is 17.9 Å². The molecule has 0 atom stereocenters. The summed E-state index contributed by atoms with van der Waals surface area (Å²) in [6.45, 7) is 0.0215. The molecule has 1 aliphatic heterocycles. The molecule has 3 heterocycles. The van der Waals surface area contributed by atoms with Crippen LogP contribution in [0.1, 0.15) is 10.4 Å². The number of benzene rings is 2. The number of aromatic nitrogens is 3. The summed E-state index contributed by atoms with van der Waals surface area (Å²) in [5.41, 5.74) is 0.979. The van der Waals surface area contributed by atoms with E-state index in [2.05, 4.69) is 10.2 Å². The Morgan fingerprint density at radius 2 is 1.82 bits per heavy atom. The molecule has 0 fully saturated rings. The number of thiophene rings is 1. The monoisotopic (exact) mass is 498 g/mol. The van der Waals surface area contributed by atoms with Crippen molar-refractivity contribution in [1.82, 2.24) is 19.1 Å². The number of carbonyl (C=O) groups excluding carboxylic acids is 1. The first-order chi connectivity index (χ1) is 16.0. The fraction of sp³-hybridized carbons (Fsp3) is 0.136. The fourth-order valence-electron chi connectivity index (χ4n) is 3.63. The molecular weight excluding hydrogens is 480 g/mol. The topological polar surface area (TPSA) is 94.4 Å². The number of nitrogens with zero attached hydrogens (tertiary/aromatic N) is 4. The zero-order valence-electron chi connectivity index (χ0n) is 17.4. The van der Waals surface area contributed by atoms with Crippen molar-refractivity contribution in [2.75, 3.05) is 19.4 Å². The largest absolute Gasteiger partial charge is 0.495 e. The molecule has 0 saturated heterocycles. The van der Waals surface area contributed by atoms with Crippen LogP contribution < -0.4 is 4.74 Å². The van der Waals surface area contributed by atoms with Crippen molar-refractivity contribution >= 4 is 39.0 Å². The van der Waals surface area contributed by atoms with E-state index in [4.69, 9.17) is 4.74 Å². The normalized spacial score (nSPS) is 14.5. The molecule has 0 saturated carbocycles. The van der Waals surface area contributed by atoms with Gasteiger partial charge in [0, 0.05) is 12.3 Å². The molecule has 5 rings (SSSR count). The third-order valence-corrected chi connectivity index (χ3v) is 8.75. The van der Waals surface area contributed by atoms with Gasteiger partial charge in [0.25, 0.3) is 15.9 Å². The van der Waals surface area contributed by atoms with Gasteiger partial charge in [-0.3, -0.25) is 9.36 Å². The number of thioether (sulfide) groups is 1. The number of methoxy groups -OCH3 is 1. The van der Waals surface area contributed by atoms with Crippen molar-refractivity contribution in [3.63, 3.8) is 0 Å². The Morgan fingerprint density at radius 3 is 2.58 bits per heavy atom. The summed E-state index contributed by atoms with van der Waals surface area (Å²) < 4.78 is 34.0. The minimum Gasteiger partial charge on any atom is -0.495 e. The molecule has 0 N–H and O–H groups in total. The Hall–Kier alpha value is -3.15. The van der Waals surface area contributed by atoms with Crippen LogP contribution >= 0.6 is 23.1 Å². The van der Waals surface area contributed by atoms with E-state index in [-0.39, 0.29) is 17.0 Å². The molecule has 0 bridgehead atoms. The van der Waals surface area contributed by atoms with Gasteiger partial charge in [0.15, 0.2) is 11.0 Å². The molecule has 0 radical (unpaired) electrons. The van der Waals surface area contributed by atoms with Gasteiger partial charge in [0.2, 0.25) is 0 Å². The van der Waals surface area contributed by atoms with Gasteiger partial charge in [-0.2, -0.15) is 0 Å². The molecule has 168 valence electrons. The maximum absolute atomic E-state index is 12.8. The Kier molecular flexibility index (Phi) is 5.69. The SMILES string of the molecule is COc1ccccc1-n1c(SCCN2C(=O)c3ccccc3S2(=O)=O)nnc1-c1cccs1. The molecule has 2 aromatic carbocycles. The lowest BCUT2D eigenvalue weighted by atomic mass is 10.2. The Balaban J connectivity index is 1.44. The minimum atomic E-state index is -3.84. The van der Waals surface area contributed by atoms with Crippen molar-refractivity contribution in [3.05, 3.63) is 71.6 Å². The zero-order chi connectivity index (χ0) is 23.0. The van der Waals surface area contributed by atoms with Gasteiger partial charge < -0.3 is 4.74 Å². The molecule has 4 aromatic rings. The van der Waals surface area contributed by atoms with Crippen LogP contribution in [-0.4, -0.2) is 52.8 Å². The molecule has 33 heavy (non-hydrogen) atoms. The van der Waals surface area contributed by atoms with Gasteiger partial charge in [-0.05, 0) is 35.7 Å². The fourth-order valence-corrected chi connectivity index (χ4v) is 6.88. The molecular formula is C22H18N4O4S3. The predicted molar refractivity (Wildman–Crippen MR) is 127 cm³/mol. The quantitative estimate of drug-likeness (QED) is 0.356. The summed E-state index contributed by atoms with van der Waals surface area (Å²) in [7, 11) is -2.24. The van der Waals surface area contributed by atoms with E-state index in [0.29, 0.717) is 22.5 Å². The Bertz CT molecular complexity index is 1430. The van der Waals surface area contributed by atoms with Crippen molar-refractivity contribution in [2.24, 2.45) is 0 Å². The molecule has 0 unspecified atom stereocenters. The average molecular weight is 499 g/mol. The summed E-state index contributed by atoms with van der Waals surface area (Å²) >= 11 is 2.87. The Labute approximate surface area is 198 Å². The van der Waals surface area contributed by atoms with Gasteiger partial charge in [-0.1, -0.05) is 42.1 Å². The van der Waals surface area contributed by atoms with Crippen molar-refractivity contribution in [2.45, 2.75) is 10.1 Å². The van der Waals surface area contributed by atoms with Crippen LogP contribution in [0.4, 0.5) is 0 Å². The average Bonchev–Trinajstić information content (AvgIpc) is 3.54. The van der Waals surface area contributed by atoms with E-state index in [1.165, 1.54) is 23.9 Å². The van der Waals surface area contributed by atoms with Crippen LogP contribution in [0.5, 0.6) is 5.75 Å². The zero-order valence-corrected chi connectivity index (χ0v) is 19.9. The van der Waals surface area contributed by atoms with Crippen LogP contribution in [0.25, 0.3) is 16.4 Å². The number of ether oxygens (including phenoxy) is 1. The molecule has 2 aromatic heterocycles. The van der Waals surface area contributed by atoms with Gasteiger partial charge in [-0.15, -0.1) is 21.5 Å². The molecule has 0 aliphatic carbocycles. The van der Waals surface area contributed by atoms with Crippen LogP contribution in [0.3, 0.4) is 0 Å². The highest BCUT2D eigenvalue weighted by atomic mass is 32.2. The van der Waals surface area contributed by atoms with E-state index in [1.54, 1.807) is 30.6 Å². The maximum atomic E-state index is 12.8. The Morgan fingerprint density at radius 1 is 1.03 bits per heavy atom. The van der Waals surface area contributed by atoms with E-state index < -0.39 is 15.9 Å². The van der Waals surface area contributed by atoms with Crippen LogP contribution in [0.15, 0.2) is 76.1 Å². The van der Waals surface area contributed by atoms with Gasteiger partial charge in [0.1, 0.15) is 10.6 Å². The third kappa shape index (κ3) is 3.71. The van der Waals surface area contributed by atoms with Gasteiger partial charge in [-0.25, -0.2) is 12.7 Å². The van der Waals surface area contributed by atoms with E-state index >= 15 is 0 Å². The molecule has 1 aliphatic rings. The lowest BCUT2D eigenvalue weighted by Gasteiger charge is -2.16. The highest BCUT2D eigenvalue weighted by molar-refractivity contribution is 7.99. The number of fused-ring (bicyclic) bond motifs is 1. The summed E-state index contributed by atoms with van der Waals surface area (Å²) in [6, 6.07) is 17.7. The summed E-state index contributed by atoms with van der Waals surface area (Å²) in [6.07, 6.45) is 0. The number of carbonyl (C=O) groups is 1. The number of sulfonamides is 1. The lowest BCUT2D eigenvalue weighted by molar-refractivity contribution is 0.0876. The van der Waals surface area contributed by atoms with E-state index in [0.717, 1.165) is 14.9 Å². The standard InChI is InChI=1S/C22H18N4O4S3/c1-30-17-9-4-3-8-16(17)26-20(18-10-6-13-31-18)23-24-22(26)32-14-12-25-21(27)15-7-2-5-11-19(15)33(25,28)29/h2-11,13H,12,14H2,1H3. The summed E-state index contributed by atoms with van der Waals surface area (Å²) in [5, 5.41) is 11.3. The number of hydrogen-bond acceptors (Lipinski definition) is 8. The van der Waals surface area contributed by atoms with Crippen LogP contribution in [0.2, 0.25) is 0 Å². The highest BCUT2D eigenvalue weighted by Crippen LogP contribution is 2.35. The van der Waals surface area contributed by atoms with Gasteiger partial charge >= 0.3 is 0 Å². The molecule has 8 nitrogen and oxygen atoms in total. The molecule has 1 amide bonds. The summed E-state index contributed by atoms with van der Waals surface area (Å²) in [5.74, 6) is 1.13. The first kappa shape index (κ1) is 21.7. The smallest absolute Gasteiger partial charge is 0.269 e. The van der Waals surface area contributed by atoms with E-state index in [1.807, 2.05) is 46.3 Å². The van der Waals surface area contributed by atoms with Crippen LogP contribution in [0, 0.1) is 0 Å². The highest BCUT2D eigenvalue weighted by Gasteiger charge is 2.40. The first-order valence-corrected chi connectivity index (χ1v) is 13.2.